The zero-order chi connectivity index (χ0) is 34.5. The molecule has 1 aliphatic carbocycles. The van der Waals surface area contributed by atoms with Crippen LogP contribution in [0.3, 0.4) is 0 Å². The number of hydrogen-bond acceptors (Lipinski definition) is 7. The molecule has 4 aromatic rings. The van der Waals surface area contributed by atoms with Crippen LogP contribution in [0.15, 0.2) is 89.4 Å². The number of carbonyl (C=O) groups is 4. The lowest BCUT2D eigenvalue weighted by molar-refractivity contribution is -0.136. The maximum atomic E-state index is 13.5. The van der Waals surface area contributed by atoms with Crippen LogP contribution in [0, 0.1) is 0 Å². The second-order valence-corrected chi connectivity index (χ2v) is 14.5. The first-order valence-corrected chi connectivity index (χ1v) is 18.0. The van der Waals surface area contributed by atoms with Crippen molar-refractivity contribution in [3.63, 3.8) is 0 Å². The minimum absolute atomic E-state index is 0.0856. The van der Waals surface area contributed by atoms with E-state index in [1.54, 1.807) is 6.07 Å². The molecule has 4 amide bonds. The van der Waals surface area contributed by atoms with E-state index in [4.69, 9.17) is 0 Å². The van der Waals surface area contributed by atoms with Crippen LogP contribution in [0.4, 0.5) is 5.69 Å². The van der Waals surface area contributed by atoms with Crippen molar-refractivity contribution in [2.45, 2.75) is 50.1 Å². The van der Waals surface area contributed by atoms with Crippen molar-refractivity contribution in [2.24, 2.45) is 0 Å². The lowest BCUT2D eigenvalue weighted by Gasteiger charge is -2.37. The Hall–Kier alpha value is -4.80. The Balaban J connectivity index is 0.947. The van der Waals surface area contributed by atoms with E-state index in [2.05, 4.69) is 91.7 Å². The average molecular weight is 734 g/mol. The fraction of sp³-hybridized carbons (Fsp3) is 0.300. The van der Waals surface area contributed by atoms with Gasteiger partial charge in [-0.25, -0.2) is 0 Å². The van der Waals surface area contributed by atoms with E-state index in [0.29, 0.717) is 22.7 Å². The van der Waals surface area contributed by atoms with Crippen LogP contribution in [-0.4, -0.2) is 70.8 Å². The Bertz CT molecular complexity index is 2010. The number of amides is 4. The Morgan fingerprint density at radius 2 is 1.54 bits per heavy atom. The number of phenolic OH excluding ortho intramolecular Hbond substituents is 1. The summed E-state index contributed by atoms with van der Waals surface area (Å²) in [5.41, 5.74) is 7.77. The summed E-state index contributed by atoms with van der Waals surface area (Å²) >= 11 is 3.62. The maximum absolute atomic E-state index is 13.5. The zero-order valence-corrected chi connectivity index (χ0v) is 29.1. The number of benzene rings is 4. The van der Waals surface area contributed by atoms with Crippen LogP contribution >= 0.6 is 15.9 Å². The Kier molecular flexibility index (Phi) is 8.52. The van der Waals surface area contributed by atoms with Crippen LogP contribution in [0.5, 0.6) is 5.75 Å². The van der Waals surface area contributed by atoms with Crippen molar-refractivity contribution in [2.75, 3.05) is 31.1 Å². The first kappa shape index (κ1) is 32.4. The van der Waals surface area contributed by atoms with Crippen LogP contribution in [0.25, 0.3) is 0 Å². The first-order valence-electron chi connectivity index (χ1n) is 17.2. The van der Waals surface area contributed by atoms with Gasteiger partial charge in [-0.1, -0.05) is 54.6 Å². The summed E-state index contributed by atoms with van der Waals surface area (Å²) in [4.78, 5) is 56.5. The van der Waals surface area contributed by atoms with E-state index >= 15 is 0 Å². The lowest BCUT2D eigenvalue weighted by atomic mass is 9.69. The minimum atomic E-state index is -0.990. The summed E-state index contributed by atoms with van der Waals surface area (Å²) in [5.74, 6) is -1.14. The number of aryl methyl sites for hydroxylation is 1. The largest absolute Gasteiger partial charge is 0.508 e. The second kappa shape index (κ2) is 13.2. The molecule has 3 heterocycles. The third-order valence-corrected chi connectivity index (χ3v) is 11.7. The SMILES string of the molecule is O=C1CCC(N2C(=O)c3ccc(CN4CCN(c5ccc([C@@H]6c7ccc(O)cc7CC[C@@H]6c6ccccc6)cc5)CC4)c(Br)c3C2=O)C(=O)N1. The molecular formula is C40H37BrN4O5. The molecule has 8 rings (SSSR count). The number of piperazine rings is 1. The number of nitrogens with zero attached hydrogens (tertiary/aromatic N) is 3. The predicted octanol–water partition coefficient (Wildman–Crippen LogP) is 5.74. The molecule has 254 valence electrons. The number of carbonyl (C=O) groups excluding carboxylic acids is 4. The molecule has 3 atom stereocenters. The number of phenols is 1. The molecule has 1 unspecified atom stereocenters. The van der Waals surface area contributed by atoms with Gasteiger partial charge in [-0.2, -0.15) is 0 Å². The van der Waals surface area contributed by atoms with Crippen molar-refractivity contribution in [3.8, 4) is 5.75 Å². The van der Waals surface area contributed by atoms with Crippen LogP contribution in [0.2, 0.25) is 0 Å². The highest BCUT2D eigenvalue weighted by atomic mass is 79.9. The highest BCUT2D eigenvalue weighted by Gasteiger charge is 2.46. The number of imide groups is 2. The van der Waals surface area contributed by atoms with Gasteiger partial charge >= 0.3 is 0 Å². The fourth-order valence-electron chi connectivity index (χ4n) is 8.26. The second-order valence-electron chi connectivity index (χ2n) is 13.7. The predicted molar refractivity (Wildman–Crippen MR) is 192 cm³/mol. The van der Waals surface area contributed by atoms with E-state index < -0.39 is 29.7 Å². The Labute approximate surface area is 299 Å². The van der Waals surface area contributed by atoms with Crippen LogP contribution in [0.1, 0.15) is 79.6 Å². The summed E-state index contributed by atoms with van der Waals surface area (Å²) in [6.45, 7) is 3.96. The summed E-state index contributed by atoms with van der Waals surface area (Å²) in [6.07, 6.45) is 2.18. The molecule has 0 spiro atoms. The average Bonchev–Trinajstić information content (AvgIpc) is 3.38. The van der Waals surface area contributed by atoms with Gasteiger partial charge in [-0.05, 0) is 99.3 Å². The van der Waals surface area contributed by atoms with Crippen molar-refractivity contribution < 1.29 is 24.3 Å². The van der Waals surface area contributed by atoms with E-state index in [1.165, 1.54) is 27.9 Å². The molecule has 2 N–H and O–H groups in total. The van der Waals surface area contributed by atoms with E-state index in [1.807, 2.05) is 18.2 Å². The van der Waals surface area contributed by atoms with Gasteiger partial charge in [0.2, 0.25) is 11.8 Å². The van der Waals surface area contributed by atoms with Crippen LogP contribution in [-0.2, 0) is 22.6 Å². The highest BCUT2D eigenvalue weighted by molar-refractivity contribution is 9.10. The fourth-order valence-corrected chi connectivity index (χ4v) is 8.90. The van der Waals surface area contributed by atoms with Gasteiger partial charge in [0, 0.05) is 55.2 Å². The van der Waals surface area contributed by atoms with E-state index in [-0.39, 0.29) is 29.9 Å². The van der Waals surface area contributed by atoms with Crippen molar-refractivity contribution in [3.05, 3.63) is 128 Å². The molecular weight excluding hydrogens is 696 g/mol. The standard InChI is InChI=1S/C40H37BrN4O5/c41-37-27(9-14-32-36(37)40(50)45(39(32)49)33-16-17-34(47)42-38(33)48)23-43-18-20-44(21-19-43)28-10-6-25(7-11-28)35-30(24-4-2-1-3-5-24)13-8-26-22-29(46)12-15-31(26)35/h1-7,9-12,14-15,22,30,33,35,46H,8,13,16-21,23H2,(H,42,47,48)/t30-,33?,35+/m1/s1. The summed E-state index contributed by atoms with van der Waals surface area (Å²) in [7, 11) is 0. The summed E-state index contributed by atoms with van der Waals surface area (Å²) < 4.78 is 0.578. The molecule has 50 heavy (non-hydrogen) atoms. The van der Waals surface area contributed by atoms with Crippen molar-refractivity contribution in [1.29, 1.82) is 0 Å². The third-order valence-electron chi connectivity index (χ3n) is 10.8. The number of aromatic hydroxyl groups is 1. The number of halogens is 1. The topological polar surface area (TPSA) is 110 Å². The molecule has 2 fully saturated rings. The van der Waals surface area contributed by atoms with Gasteiger partial charge in [0.15, 0.2) is 0 Å². The minimum Gasteiger partial charge on any atom is -0.508 e. The summed E-state index contributed by atoms with van der Waals surface area (Å²) in [5, 5.41) is 12.4. The highest BCUT2D eigenvalue weighted by Crippen LogP contribution is 2.47. The third kappa shape index (κ3) is 5.80. The van der Waals surface area contributed by atoms with Gasteiger partial charge in [0.05, 0.1) is 11.1 Å². The number of piperidine rings is 1. The van der Waals surface area contributed by atoms with Crippen molar-refractivity contribution in [1.82, 2.24) is 15.1 Å². The van der Waals surface area contributed by atoms with Gasteiger partial charge in [-0.15, -0.1) is 0 Å². The smallest absolute Gasteiger partial charge is 0.263 e. The summed E-state index contributed by atoms with van der Waals surface area (Å²) in [6, 6.07) is 28.1. The number of nitrogens with one attached hydrogen (secondary N) is 1. The zero-order valence-electron chi connectivity index (χ0n) is 27.5. The Morgan fingerprint density at radius 3 is 2.28 bits per heavy atom. The molecule has 0 radical (unpaired) electrons. The molecule has 0 bridgehead atoms. The quantitative estimate of drug-likeness (QED) is 0.244. The Morgan fingerprint density at radius 1 is 0.780 bits per heavy atom. The van der Waals surface area contributed by atoms with Gasteiger partial charge in [0.25, 0.3) is 11.8 Å². The van der Waals surface area contributed by atoms with Gasteiger partial charge in [-0.3, -0.25) is 34.3 Å². The number of anilines is 1. The molecule has 9 nitrogen and oxygen atoms in total. The maximum Gasteiger partial charge on any atom is 0.263 e. The van der Waals surface area contributed by atoms with Gasteiger partial charge < -0.3 is 10.0 Å². The molecule has 4 aliphatic rings. The first-order chi connectivity index (χ1) is 24.3. The van der Waals surface area contributed by atoms with Crippen LogP contribution < -0.4 is 10.2 Å². The van der Waals surface area contributed by atoms with E-state index in [0.717, 1.165) is 49.5 Å². The normalized spacial score (nSPS) is 22.4. The van der Waals surface area contributed by atoms with Crippen molar-refractivity contribution >= 4 is 45.2 Å². The van der Waals surface area contributed by atoms with Gasteiger partial charge in [0.1, 0.15) is 11.8 Å². The molecule has 0 saturated carbocycles. The molecule has 3 aliphatic heterocycles. The number of rotatable bonds is 6. The monoisotopic (exact) mass is 732 g/mol. The molecule has 4 aromatic carbocycles. The molecule has 10 heteroatoms. The number of hydrogen-bond donors (Lipinski definition) is 2. The molecule has 2 saturated heterocycles. The lowest BCUT2D eigenvalue weighted by Crippen LogP contribution is -2.54. The number of fused-ring (bicyclic) bond motifs is 2. The van der Waals surface area contributed by atoms with E-state index in [9.17, 15) is 24.3 Å². The molecule has 0 aromatic heterocycles.